The van der Waals surface area contributed by atoms with Gasteiger partial charge in [0.25, 0.3) is 0 Å². The molecule has 1 atom stereocenters. The van der Waals surface area contributed by atoms with Crippen LogP contribution < -0.4 is 11.1 Å². The lowest BCUT2D eigenvalue weighted by Gasteiger charge is -2.24. The van der Waals surface area contributed by atoms with Crippen LogP contribution in [0.4, 0.5) is 0 Å². The Labute approximate surface area is 85.9 Å². The first-order chi connectivity index (χ1) is 6.43. The third-order valence-electron chi connectivity index (χ3n) is 2.20. The topological polar surface area (TPSA) is 75.4 Å². The van der Waals surface area contributed by atoms with Crippen LogP contribution in [0.1, 0.15) is 33.6 Å². The van der Waals surface area contributed by atoms with Crippen molar-refractivity contribution in [3.05, 3.63) is 0 Å². The second kappa shape index (κ2) is 5.98. The number of hydrogen-bond acceptors (Lipinski definition) is 3. The van der Waals surface area contributed by atoms with Gasteiger partial charge in [-0.2, -0.15) is 0 Å². The number of carbonyl (C=O) groups excluding carboxylic acids is 1. The first-order valence-corrected chi connectivity index (χ1v) is 5.07. The molecule has 0 aromatic carbocycles. The SMILES string of the molecule is CCCC(C)(C)CNC(=O)C(N)CO. The molecule has 0 heterocycles. The summed E-state index contributed by atoms with van der Waals surface area (Å²) in [5.41, 5.74) is 5.45. The molecule has 1 unspecified atom stereocenters. The van der Waals surface area contributed by atoms with Gasteiger partial charge in [-0.15, -0.1) is 0 Å². The van der Waals surface area contributed by atoms with Crippen LogP contribution in [0.15, 0.2) is 0 Å². The molecule has 0 aromatic rings. The minimum absolute atomic E-state index is 0.0968. The molecule has 0 spiro atoms. The first-order valence-electron chi connectivity index (χ1n) is 5.07. The fourth-order valence-corrected chi connectivity index (χ4v) is 1.31. The van der Waals surface area contributed by atoms with Crippen LogP contribution in [0.2, 0.25) is 0 Å². The summed E-state index contributed by atoms with van der Waals surface area (Å²) in [5.74, 6) is -0.281. The van der Waals surface area contributed by atoms with Gasteiger partial charge >= 0.3 is 0 Å². The van der Waals surface area contributed by atoms with Gasteiger partial charge < -0.3 is 16.2 Å². The molecule has 4 nitrogen and oxygen atoms in total. The van der Waals surface area contributed by atoms with Gasteiger partial charge in [-0.1, -0.05) is 27.2 Å². The normalized spacial score (nSPS) is 13.8. The molecule has 0 aliphatic carbocycles. The van der Waals surface area contributed by atoms with Crippen LogP contribution in [0, 0.1) is 5.41 Å². The fourth-order valence-electron chi connectivity index (χ4n) is 1.31. The number of nitrogens with two attached hydrogens (primary N) is 1. The Morgan fingerprint density at radius 3 is 2.57 bits per heavy atom. The van der Waals surface area contributed by atoms with E-state index < -0.39 is 6.04 Å². The van der Waals surface area contributed by atoms with Crippen molar-refractivity contribution in [2.45, 2.75) is 39.7 Å². The molecule has 0 fully saturated rings. The molecule has 0 saturated carbocycles. The lowest BCUT2D eigenvalue weighted by Crippen LogP contribution is -2.45. The summed E-state index contributed by atoms with van der Waals surface area (Å²) in [6.45, 7) is 6.61. The highest BCUT2D eigenvalue weighted by atomic mass is 16.3. The van der Waals surface area contributed by atoms with Gasteiger partial charge in [-0.3, -0.25) is 4.79 Å². The lowest BCUT2D eigenvalue weighted by atomic mass is 9.88. The van der Waals surface area contributed by atoms with E-state index in [1.54, 1.807) is 0 Å². The molecule has 0 aliphatic rings. The third-order valence-corrected chi connectivity index (χ3v) is 2.20. The average molecular weight is 202 g/mol. The van der Waals surface area contributed by atoms with Crippen molar-refractivity contribution >= 4 is 5.91 Å². The van der Waals surface area contributed by atoms with Crippen molar-refractivity contribution in [2.24, 2.45) is 11.1 Å². The van der Waals surface area contributed by atoms with Crippen molar-refractivity contribution in [2.75, 3.05) is 13.2 Å². The van der Waals surface area contributed by atoms with Crippen LogP contribution in [0.5, 0.6) is 0 Å². The number of nitrogens with one attached hydrogen (secondary N) is 1. The second-order valence-corrected chi connectivity index (χ2v) is 4.42. The molecule has 14 heavy (non-hydrogen) atoms. The zero-order valence-corrected chi connectivity index (χ0v) is 9.34. The van der Waals surface area contributed by atoms with E-state index in [0.29, 0.717) is 6.54 Å². The standard InChI is InChI=1S/C10H22N2O2/c1-4-5-10(2,3)7-12-9(14)8(11)6-13/h8,13H,4-7,11H2,1-3H3,(H,12,14). The highest BCUT2D eigenvalue weighted by Gasteiger charge is 2.19. The quantitative estimate of drug-likeness (QED) is 0.578. The molecular formula is C10H22N2O2. The minimum atomic E-state index is -0.799. The van der Waals surface area contributed by atoms with E-state index in [0.717, 1.165) is 12.8 Å². The molecular weight excluding hydrogens is 180 g/mol. The van der Waals surface area contributed by atoms with Crippen molar-refractivity contribution < 1.29 is 9.90 Å². The number of hydrogen-bond donors (Lipinski definition) is 3. The van der Waals surface area contributed by atoms with Gasteiger partial charge in [-0.05, 0) is 11.8 Å². The van der Waals surface area contributed by atoms with E-state index in [2.05, 4.69) is 26.1 Å². The third kappa shape index (κ3) is 5.19. The van der Waals surface area contributed by atoms with Gasteiger partial charge in [0.15, 0.2) is 0 Å². The molecule has 0 rings (SSSR count). The smallest absolute Gasteiger partial charge is 0.239 e. The van der Waals surface area contributed by atoms with Crippen LogP contribution in [-0.4, -0.2) is 30.2 Å². The summed E-state index contributed by atoms with van der Waals surface area (Å²) in [4.78, 5) is 11.2. The summed E-state index contributed by atoms with van der Waals surface area (Å²) >= 11 is 0. The molecule has 4 heteroatoms. The van der Waals surface area contributed by atoms with Crippen LogP contribution in [0.25, 0.3) is 0 Å². The fraction of sp³-hybridized carbons (Fsp3) is 0.900. The van der Waals surface area contributed by atoms with E-state index in [-0.39, 0.29) is 17.9 Å². The van der Waals surface area contributed by atoms with Gasteiger partial charge in [-0.25, -0.2) is 0 Å². The molecule has 0 aromatic heterocycles. The van der Waals surface area contributed by atoms with Crippen molar-refractivity contribution in [1.82, 2.24) is 5.32 Å². The van der Waals surface area contributed by atoms with Crippen molar-refractivity contribution in [3.63, 3.8) is 0 Å². The van der Waals surface area contributed by atoms with Gasteiger partial charge in [0.05, 0.1) is 6.61 Å². The summed E-state index contributed by atoms with van der Waals surface area (Å²) in [7, 11) is 0. The van der Waals surface area contributed by atoms with E-state index >= 15 is 0 Å². The molecule has 0 aliphatic heterocycles. The van der Waals surface area contributed by atoms with E-state index in [1.165, 1.54) is 0 Å². The Hall–Kier alpha value is -0.610. The van der Waals surface area contributed by atoms with Crippen molar-refractivity contribution in [1.29, 1.82) is 0 Å². The minimum Gasteiger partial charge on any atom is -0.394 e. The summed E-state index contributed by atoms with van der Waals surface area (Å²) < 4.78 is 0. The maximum Gasteiger partial charge on any atom is 0.239 e. The van der Waals surface area contributed by atoms with Gasteiger partial charge in [0.2, 0.25) is 5.91 Å². The molecule has 1 amide bonds. The Morgan fingerprint density at radius 1 is 1.57 bits per heavy atom. The number of rotatable bonds is 6. The maximum atomic E-state index is 11.2. The monoisotopic (exact) mass is 202 g/mol. The molecule has 0 radical (unpaired) electrons. The Kier molecular flexibility index (Phi) is 5.72. The van der Waals surface area contributed by atoms with Crippen molar-refractivity contribution in [3.8, 4) is 0 Å². The van der Waals surface area contributed by atoms with Gasteiger partial charge in [0.1, 0.15) is 6.04 Å². The zero-order chi connectivity index (χ0) is 11.2. The predicted octanol–water partition coefficient (Wildman–Crippen LogP) is 0.249. The number of carbonyl (C=O) groups is 1. The van der Waals surface area contributed by atoms with Crippen LogP contribution in [-0.2, 0) is 4.79 Å². The molecule has 84 valence electrons. The summed E-state index contributed by atoms with van der Waals surface area (Å²) in [6.07, 6.45) is 2.15. The highest BCUT2D eigenvalue weighted by molar-refractivity contribution is 5.81. The summed E-state index contributed by atoms with van der Waals surface area (Å²) in [6, 6.07) is -0.799. The number of aliphatic hydroxyl groups excluding tert-OH is 1. The Morgan fingerprint density at radius 2 is 2.14 bits per heavy atom. The first kappa shape index (κ1) is 13.4. The van der Waals surface area contributed by atoms with E-state index in [4.69, 9.17) is 10.8 Å². The zero-order valence-electron chi connectivity index (χ0n) is 9.34. The second-order valence-electron chi connectivity index (χ2n) is 4.42. The van der Waals surface area contributed by atoms with Gasteiger partial charge in [0, 0.05) is 6.54 Å². The largest absolute Gasteiger partial charge is 0.394 e. The average Bonchev–Trinajstić information content (AvgIpc) is 2.13. The summed E-state index contributed by atoms with van der Waals surface area (Å²) in [5, 5.41) is 11.4. The highest BCUT2D eigenvalue weighted by Crippen LogP contribution is 2.20. The van der Waals surface area contributed by atoms with E-state index in [9.17, 15) is 4.79 Å². The predicted molar refractivity (Wildman–Crippen MR) is 56.8 cm³/mol. The Balaban J connectivity index is 3.87. The van der Waals surface area contributed by atoms with Crippen LogP contribution >= 0.6 is 0 Å². The Bertz CT molecular complexity index is 181. The maximum absolute atomic E-state index is 11.2. The lowest BCUT2D eigenvalue weighted by molar-refractivity contribution is -0.123. The number of aliphatic hydroxyl groups is 1. The molecule has 0 saturated heterocycles. The molecule has 4 N–H and O–H groups in total. The van der Waals surface area contributed by atoms with E-state index in [1.807, 2.05) is 0 Å². The van der Waals surface area contributed by atoms with Crippen LogP contribution in [0.3, 0.4) is 0 Å². The number of amides is 1. The molecule has 0 bridgehead atoms.